The lowest BCUT2D eigenvalue weighted by Crippen LogP contribution is -2.30. The van der Waals surface area contributed by atoms with E-state index < -0.39 is 16.0 Å². The Bertz CT molecular complexity index is 965. The molecule has 0 bridgehead atoms. The van der Waals surface area contributed by atoms with E-state index in [0.29, 0.717) is 5.75 Å². The maximum absolute atomic E-state index is 12.7. The molecule has 0 aliphatic rings. The zero-order valence-corrected chi connectivity index (χ0v) is 17.2. The van der Waals surface area contributed by atoms with Gasteiger partial charge in [-0.05, 0) is 69.5 Å². The number of esters is 1. The van der Waals surface area contributed by atoms with E-state index in [-0.39, 0.29) is 22.3 Å². The minimum atomic E-state index is -3.84. The summed E-state index contributed by atoms with van der Waals surface area (Å²) in [5, 5.41) is 0. The summed E-state index contributed by atoms with van der Waals surface area (Å²) >= 11 is 0. The van der Waals surface area contributed by atoms with Crippen molar-refractivity contribution in [2.24, 2.45) is 0 Å². The highest BCUT2D eigenvalue weighted by Gasteiger charge is 2.23. The van der Waals surface area contributed by atoms with E-state index in [4.69, 9.17) is 9.47 Å². The Hall–Kier alpha value is -2.38. The number of carbonyl (C=O) groups excluding carboxylic acids is 1. The lowest BCUT2D eigenvalue weighted by Gasteiger charge is -2.15. The molecule has 0 atom stereocenters. The van der Waals surface area contributed by atoms with Crippen LogP contribution in [0, 0.1) is 20.8 Å². The van der Waals surface area contributed by atoms with Gasteiger partial charge < -0.3 is 9.47 Å². The summed E-state index contributed by atoms with van der Waals surface area (Å²) in [5.41, 5.74) is 2.82. The standard InChI is InChI=1S/C20H25NO5S/c1-12(2)21-27(23,24)18-11-16(9-10-17(18)25-6)20(22)26-19-14(4)8-7-13(3)15(19)5/h7-12,21H,1-6H3. The van der Waals surface area contributed by atoms with Crippen molar-refractivity contribution >= 4 is 16.0 Å². The molecule has 6 nitrogen and oxygen atoms in total. The number of sulfonamides is 1. The van der Waals surface area contributed by atoms with Crippen molar-refractivity contribution in [3.63, 3.8) is 0 Å². The smallest absolute Gasteiger partial charge is 0.343 e. The first kappa shape index (κ1) is 20.9. The van der Waals surface area contributed by atoms with Crippen LogP contribution in [-0.2, 0) is 10.0 Å². The Morgan fingerprint density at radius 1 is 1.04 bits per heavy atom. The summed E-state index contributed by atoms with van der Waals surface area (Å²) in [6.45, 7) is 9.09. The van der Waals surface area contributed by atoms with E-state index >= 15 is 0 Å². The minimum Gasteiger partial charge on any atom is -0.495 e. The van der Waals surface area contributed by atoms with Gasteiger partial charge in [-0.15, -0.1) is 0 Å². The third-order valence-electron chi connectivity index (χ3n) is 4.15. The van der Waals surface area contributed by atoms with Gasteiger partial charge in [-0.25, -0.2) is 17.9 Å². The third kappa shape index (κ3) is 4.67. The molecule has 7 heteroatoms. The molecule has 0 spiro atoms. The van der Waals surface area contributed by atoms with Crippen LogP contribution in [0.4, 0.5) is 0 Å². The van der Waals surface area contributed by atoms with Gasteiger partial charge in [0.05, 0.1) is 12.7 Å². The zero-order valence-electron chi connectivity index (χ0n) is 16.4. The largest absolute Gasteiger partial charge is 0.495 e. The van der Waals surface area contributed by atoms with Crippen LogP contribution < -0.4 is 14.2 Å². The molecule has 27 heavy (non-hydrogen) atoms. The number of hydrogen-bond donors (Lipinski definition) is 1. The van der Waals surface area contributed by atoms with Crippen molar-refractivity contribution in [2.75, 3.05) is 7.11 Å². The molecular weight excluding hydrogens is 366 g/mol. The van der Waals surface area contributed by atoms with E-state index in [2.05, 4.69) is 4.72 Å². The Balaban J connectivity index is 2.44. The van der Waals surface area contributed by atoms with Gasteiger partial charge in [0.1, 0.15) is 16.4 Å². The molecule has 0 aliphatic carbocycles. The van der Waals surface area contributed by atoms with Crippen molar-refractivity contribution in [3.8, 4) is 11.5 Å². The van der Waals surface area contributed by atoms with Gasteiger partial charge in [-0.2, -0.15) is 0 Å². The SMILES string of the molecule is COc1ccc(C(=O)Oc2c(C)ccc(C)c2C)cc1S(=O)(=O)NC(C)C. The van der Waals surface area contributed by atoms with Crippen LogP contribution in [0.3, 0.4) is 0 Å². The molecule has 0 fully saturated rings. The Morgan fingerprint density at radius 3 is 2.26 bits per heavy atom. The predicted octanol–water partition coefficient (Wildman–Crippen LogP) is 3.53. The first-order valence-electron chi connectivity index (χ1n) is 8.56. The summed E-state index contributed by atoms with van der Waals surface area (Å²) in [5.74, 6) is 0.0126. The number of ether oxygens (including phenoxy) is 2. The van der Waals surface area contributed by atoms with E-state index in [1.54, 1.807) is 13.8 Å². The number of aryl methyl sites for hydroxylation is 2. The van der Waals surface area contributed by atoms with Gasteiger partial charge in [0.25, 0.3) is 0 Å². The fraction of sp³-hybridized carbons (Fsp3) is 0.350. The maximum Gasteiger partial charge on any atom is 0.343 e. The van der Waals surface area contributed by atoms with E-state index in [1.807, 2.05) is 32.9 Å². The Morgan fingerprint density at radius 2 is 1.67 bits per heavy atom. The maximum atomic E-state index is 12.7. The monoisotopic (exact) mass is 391 g/mol. The average molecular weight is 391 g/mol. The number of benzene rings is 2. The van der Waals surface area contributed by atoms with Gasteiger partial charge in [0, 0.05) is 6.04 Å². The highest BCUT2D eigenvalue weighted by Crippen LogP contribution is 2.29. The first-order valence-corrected chi connectivity index (χ1v) is 10.0. The van der Waals surface area contributed by atoms with Gasteiger partial charge in [-0.1, -0.05) is 12.1 Å². The molecule has 0 aliphatic heterocycles. The quantitative estimate of drug-likeness (QED) is 0.602. The highest BCUT2D eigenvalue weighted by molar-refractivity contribution is 7.89. The van der Waals surface area contributed by atoms with Crippen LogP contribution in [0.25, 0.3) is 0 Å². The fourth-order valence-corrected chi connectivity index (χ4v) is 4.07. The Labute approximate surface area is 160 Å². The molecule has 0 saturated heterocycles. The lowest BCUT2D eigenvalue weighted by molar-refractivity contribution is 0.0732. The number of nitrogens with one attached hydrogen (secondary N) is 1. The minimum absolute atomic E-state index is 0.106. The number of methoxy groups -OCH3 is 1. The molecule has 2 rings (SSSR count). The van der Waals surface area contributed by atoms with E-state index in [1.165, 1.54) is 25.3 Å². The molecule has 0 heterocycles. The van der Waals surface area contributed by atoms with Gasteiger partial charge >= 0.3 is 5.97 Å². The van der Waals surface area contributed by atoms with Crippen molar-refractivity contribution < 1.29 is 22.7 Å². The molecule has 1 N–H and O–H groups in total. The van der Waals surface area contributed by atoms with E-state index in [0.717, 1.165) is 16.7 Å². The normalized spacial score (nSPS) is 11.5. The molecule has 2 aromatic carbocycles. The third-order valence-corrected chi connectivity index (χ3v) is 5.83. The van der Waals surface area contributed by atoms with Crippen molar-refractivity contribution in [1.82, 2.24) is 4.72 Å². The summed E-state index contributed by atoms with van der Waals surface area (Å²) in [4.78, 5) is 12.5. The van der Waals surface area contributed by atoms with Crippen LogP contribution >= 0.6 is 0 Å². The topological polar surface area (TPSA) is 81.7 Å². The molecule has 2 aromatic rings. The summed E-state index contributed by atoms with van der Waals surface area (Å²) in [6.07, 6.45) is 0. The first-order chi connectivity index (χ1) is 12.6. The van der Waals surface area contributed by atoms with Crippen LogP contribution in [0.5, 0.6) is 11.5 Å². The van der Waals surface area contributed by atoms with Crippen molar-refractivity contribution in [1.29, 1.82) is 0 Å². The van der Waals surface area contributed by atoms with Crippen LogP contribution in [0.15, 0.2) is 35.2 Å². The molecule has 146 valence electrons. The van der Waals surface area contributed by atoms with E-state index in [9.17, 15) is 13.2 Å². The lowest BCUT2D eigenvalue weighted by atomic mass is 10.1. The molecule has 0 unspecified atom stereocenters. The number of carbonyl (C=O) groups is 1. The molecular formula is C20H25NO5S. The van der Waals surface area contributed by atoms with Gasteiger partial charge in [0.15, 0.2) is 0 Å². The summed E-state index contributed by atoms with van der Waals surface area (Å²) in [6, 6.07) is 7.73. The van der Waals surface area contributed by atoms with Crippen molar-refractivity contribution in [3.05, 3.63) is 52.6 Å². The molecule has 0 saturated carbocycles. The predicted molar refractivity (Wildman–Crippen MR) is 104 cm³/mol. The summed E-state index contributed by atoms with van der Waals surface area (Å²) in [7, 11) is -2.46. The molecule has 0 aromatic heterocycles. The van der Waals surface area contributed by atoms with Gasteiger partial charge in [-0.3, -0.25) is 0 Å². The average Bonchev–Trinajstić information content (AvgIpc) is 2.60. The van der Waals surface area contributed by atoms with Crippen molar-refractivity contribution in [2.45, 2.75) is 45.6 Å². The van der Waals surface area contributed by atoms with Gasteiger partial charge in [0.2, 0.25) is 10.0 Å². The summed E-state index contributed by atoms with van der Waals surface area (Å²) < 4.78 is 38.3. The number of hydrogen-bond acceptors (Lipinski definition) is 5. The number of rotatable bonds is 6. The fourth-order valence-electron chi connectivity index (χ4n) is 2.62. The molecule has 0 radical (unpaired) electrons. The second-order valence-electron chi connectivity index (χ2n) is 6.68. The van der Waals surface area contributed by atoms with Crippen LogP contribution in [0.2, 0.25) is 0 Å². The Kier molecular flexibility index (Phi) is 6.28. The van der Waals surface area contributed by atoms with Crippen LogP contribution in [0.1, 0.15) is 40.9 Å². The highest BCUT2D eigenvalue weighted by atomic mass is 32.2. The van der Waals surface area contributed by atoms with Crippen LogP contribution in [-0.4, -0.2) is 27.5 Å². The second-order valence-corrected chi connectivity index (χ2v) is 8.37. The molecule has 0 amide bonds. The zero-order chi connectivity index (χ0) is 20.4. The second kappa shape index (κ2) is 8.10.